The summed E-state index contributed by atoms with van der Waals surface area (Å²) < 4.78 is 7.25. The summed E-state index contributed by atoms with van der Waals surface area (Å²) in [6.07, 6.45) is 5.97. The monoisotopic (exact) mass is 409 g/mol. The topological polar surface area (TPSA) is 80.5 Å². The minimum Gasteiger partial charge on any atom is -0.378 e. The number of imidazole rings is 1. The Hall–Kier alpha value is -2.19. The van der Waals surface area contributed by atoms with Gasteiger partial charge in [-0.3, -0.25) is 9.20 Å². The van der Waals surface area contributed by atoms with Crippen molar-refractivity contribution in [1.82, 2.24) is 19.7 Å². The molecule has 1 fully saturated rings. The van der Waals surface area contributed by atoms with Gasteiger partial charge in [0.15, 0.2) is 0 Å². The highest BCUT2D eigenvalue weighted by molar-refractivity contribution is 5.91. The number of carbonyl (C=O) groups is 1. The molecule has 1 aliphatic heterocycles. The standard InChI is InChI=1S/C18H19N5O2.2ClH/c24-17(10-15-12-25-9-7-19-15)21-14-4-2-13(3-5-14)16-11-23-8-1-6-20-18(23)22-16;;/h1-6,8,11,15,19H,7,9-10,12H2,(H,21,24);2*1H. The van der Waals surface area contributed by atoms with Gasteiger partial charge in [0.2, 0.25) is 11.7 Å². The molecule has 7 nitrogen and oxygen atoms in total. The second kappa shape index (κ2) is 9.66. The first-order valence-electron chi connectivity index (χ1n) is 8.29. The fourth-order valence-corrected chi connectivity index (χ4v) is 2.88. The van der Waals surface area contributed by atoms with E-state index in [2.05, 4.69) is 20.6 Å². The summed E-state index contributed by atoms with van der Waals surface area (Å²) >= 11 is 0. The predicted molar refractivity (Wildman–Crippen MR) is 109 cm³/mol. The average molecular weight is 410 g/mol. The van der Waals surface area contributed by atoms with Gasteiger partial charge in [0, 0.05) is 48.8 Å². The van der Waals surface area contributed by atoms with E-state index in [1.807, 2.05) is 47.1 Å². The minimum atomic E-state index is -0.0207. The van der Waals surface area contributed by atoms with Crippen molar-refractivity contribution in [3.05, 3.63) is 48.9 Å². The summed E-state index contributed by atoms with van der Waals surface area (Å²) in [5.74, 6) is 0.643. The Kier molecular flexibility index (Phi) is 7.55. The molecule has 3 heterocycles. The quantitative estimate of drug-likeness (QED) is 0.691. The normalized spacial score (nSPS) is 16.2. The van der Waals surface area contributed by atoms with E-state index in [-0.39, 0.29) is 36.8 Å². The predicted octanol–water partition coefficient (Wildman–Crippen LogP) is 2.56. The van der Waals surface area contributed by atoms with Gasteiger partial charge in [-0.1, -0.05) is 12.1 Å². The van der Waals surface area contributed by atoms with Crippen molar-refractivity contribution in [2.75, 3.05) is 25.1 Å². The molecule has 0 aliphatic carbocycles. The van der Waals surface area contributed by atoms with Crippen LogP contribution in [0, 0.1) is 0 Å². The first kappa shape index (κ1) is 21.1. The molecule has 9 heteroatoms. The Morgan fingerprint density at radius 1 is 1.30 bits per heavy atom. The molecule has 1 aliphatic rings. The van der Waals surface area contributed by atoms with E-state index in [9.17, 15) is 4.79 Å². The van der Waals surface area contributed by atoms with Crippen LogP contribution in [0.2, 0.25) is 0 Å². The second-order valence-electron chi connectivity index (χ2n) is 6.01. The summed E-state index contributed by atoms with van der Waals surface area (Å²) in [6.45, 7) is 2.08. The summed E-state index contributed by atoms with van der Waals surface area (Å²) in [4.78, 5) is 20.8. The van der Waals surface area contributed by atoms with Gasteiger partial charge < -0.3 is 15.4 Å². The first-order valence-corrected chi connectivity index (χ1v) is 8.29. The molecule has 0 saturated carbocycles. The maximum absolute atomic E-state index is 12.1. The molecule has 27 heavy (non-hydrogen) atoms. The van der Waals surface area contributed by atoms with Crippen molar-refractivity contribution in [1.29, 1.82) is 0 Å². The Morgan fingerprint density at radius 2 is 2.11 bits per heavy atom. The number of hydrogen-bond donors (Lipinski definition) is 2. The number of aromatic nitrogens is 3. The minimum absolute atomic E-state index is 0. The third-order valence-electron chi connectivity index (χ3n) is 4.13. The SMILES string of the molecule is Cl.Cl.O=C(CC1COCCN1)Nc1ccc(-c2cn3cccnc3n2)cc1. The molecule has 1 aromatic carbocycles. The van der Waals surface area contributed by atoms with E-state index in [1.54, 1.807) is 6.20 Å². The number of nitrogens with zero attached hydrogens (tertiary/aromatic N) is 3. The van der Waals surface area contributed by atoms with Crippen LogP contribution in [0.25, 0.3) is 17.0 Å². The zero-order chi connectivity index (χ0) is 17.1. The van der Waals surface area contributed by atoms with Crippen molar-refractivity contribution < 1.29 is 9.53 Å². The fourth-order valence-electron chi connectivity index (χ4n) is 2.88. The Labute approximate surface area is 169 Å². The molecule has 2 N–H and O–H groups in total. The van der Waals surface area contributed by atoms with Crippen molar-refractivity contribution in [3.8, 4) is 11.3 Å². The number of hydrogen-bond acceptors (Lipinski definition) is 5. The van der Waals surface area contributed by atoms with Crippen LogP contribution in [0.5, 0.6) is 0 Å². The Balaban J connectivity index is 0.00000131. The molecule has 0 spiro atoms. The number of carbonyl (C=O) groups excluding carboxylic acids is 1. The second-order valence-corrected chi connectivity index (χ2v) is 6.01. The van der Waals surface area contributed by atoms with Crippen molar-refractivity contribution in [2.24, 2.45) is 0 Å². The molecule has 1 saturated heterocycles. The van der Waals surface area contributed by atoms with Crippen LogP contribution in [0.3, 0.4) is 0 Å². The summed E-state index contributed by atoms with van der Waals surface area (Å²) in [7, 11) is 0. The van der Waals surface area contributed by atoms with E-state index in [0.29, 0.717) is 25.4 Å². The molecular formula is C18H21Cl2N5O2. The molecule has 144 valence electrons. The first-order chi connectivity index (χ1) is 12.3. The van der Waals surface area contributed by atoms with Gasteiger partial charge in [0.25, 0.3) is 0 Å². The van der Waals surface area contributed by atoms with Gasteiger partial charge in [-0.15, -0.1) is 24.8 Å². The number of anilines is 1. The number of halogens is 2. The fraction of sp³-hybridized carbons (Fsp3) is 0.278. The molecule has 2 aromatic heterocycles. The number of fused-ring (bicyclic) bond motifs is 1. The smallest absolute Gasteiger partial charge is 0.234 e. The molecule has 1 amide bonds. The summed E-state index contributed by atoms with van der Waals surface area (Å²) in [5.41, 5.74) is 2.60. The molecule has 1 atom stereocenters. The van der Waals surface area contributed by atoms with E-state index in [1.165, 1.54) is 0 Å². The van der Waals surface area contributed by atoms with Crippen LogP contribution in [0.15, 0.2) is 48.9 Å². The Morgan fingerprint density at radius 3 is 2.81 bits per heavy atom. The van der Waals surface area contributed by atoms with E-state index < -0.39 is 0 Å². The maximum Gasteiger partial charge on any atom is 0.234 e. The number of ether oxygens (including phenoxy) is 1. The maximum atomic E-state index is 12.1. The lowest BCUT2D eigenvalue weighted by Crippen LogP contribution is -2.43. The number of nitrogens with one attached hydrogen (secondary N) is 2. The van der Waals surface area contributed by atoms with Crippen molar-refractivity contribution in [2.45, 2.75) is 12.5 Å². The molecule has 1 unspecified atom stereocenters. The lowest BCUT2D eigenvalue weighted by atomic mass is 10.1. The van der Waals surface area contributed by atoms with Crippen LogP contribution in [0.1, 0.15) is 6.42 Å². The molecular weight excluding hydrogens is 389 g/mol. The van der Waals surface area contributed by atoms with Gasteiger partial charge in [0.1, 0.15) is 0 Å². The summed E-state index contributed by atoms with van der Waals surface area (Å²) in [5, 5.41) is 6.20. The largest absolute Gasteiger partial charge is 0.378 e. The average Bonchev–Trinajstić information content (AvgIpc) is 3.07. The zero-order valence-corrected chi connectivity index (χ0v) is 16.1. The number of amides is 1. The van der Waals surface area contributed by atoms with Crippen molar-refractivity contribution >= 4 is 42.2 Å². The third kappa shape index (κ3) is 5.17. The molecule has 4 rings (SSSR count). The third-order valence-corrected chi connectivity index (χ3v) is 4.13. The lowest BCUT2D eigenvalue weighted by Gasteiger charge is -2.23. The van der Waals surface area contributed by atoms with Gasteiger partial charge >= 0.3 is 0 Å². The van der Waals surface area contributed by atoms with E-state index >= 15 is 0 Å². The van der Waals surface area contributed by atoms with Crippen molar-refractivity contribution in [3.63, 3.8) is 0 Å². The summed E-state index contributed by atoms with van der Waals surface area (Å²) in [6, 6.07) is 9.60. The Bertz CT molecular complexity index is 846. The molecule has 3 aromatic rings. The van der Waals surface area contributed by atoms with E-state index in [0.717, 1.165) is 23.5 Å². The highest BCUT2D eigenvalue weighted by Gasteiger charge is 2.16. The molecule has 0 radical (unpaired) electrons. The number of benzene rings is 1. The van der Waals surface area contributed by atoms with Crippen LogP contribution < -0.4 is 10.6 Å². The van der Waals surface area contributed by atoms with Crippen LogP contribution in [-0.4, -0.2) is 46.1 Å². The van der Waals surface area contributed by atoms with Crippen LogP contribution in [0.4, 0.5) is 5.69 Å². The number of morpholine rings is 1. The number of rotatable bonds is 4. The van der Waals surface area contributed by atoms with Gasteiger partial charge in [-0.05, 0) is 18.2 Å². The zero-order valence-electron chi connectivity index (χ0n) is 14.5. The van der Waals surface area contributed by atoms with E-state index in [4.69, 9.17) is 4.74 Å². The van der Waals surface area contributed by atoms with Gasteiger partial charge in [-0.2, -0.15) is 0 Å². The highest BCUT2D eigenvalue weighted by atomic mass is 35.5. The van der Waals surface area contributed by atoms with Gasteiger partial charge in [-0.25, -0.2) is 9.97 Å². The molecule has 0 bridgehead atoms. The van der Waals surface area contributed by atoms with Gasteiger partial charge in [0.05, 0.1) is 18.9 Å². The van der Waals surface area contributed by atoms with Crippen LogP contribution >= 0.6 is 24.8 Å². The highest BCUT2D eigenvalue weighted by Crippen LogP contribution is 2.21. The van der Waals surface area contributed by atoms with Crippen LogP contribution in [-0.2, 0) is 9.53 Å². The lowest BCUT2D eigenvalue weighted by molar-refractivity contribution is -0.117.